The second-order valence-corrected chi connectivity index (χ2v) is 9.36. The number of anilines is 1. The molecule has 0 radical (unpaired) electrons. The van der Waals surface area contributed by atoms with Crippen LogP contribution in [0.4, 0.5) is 5.69 Å². The summed E-state index contributed by atoms with van der Waals surface area (Å²) in [6, 6.07) is 18.5. The van der Waals surface area contributed by atoms with Gasteiger partial charge in [0, 0.05) is 24.7 Å². The van der Waals surface area contributed by atoms with Crippen molar-refractivity contribution >= 4 is 34.8 Å². The van der Waals surface area contributed by atoms with Gasteiger partial charge in [-0.3, -0.25) is 4.79 Å². The molecule has 2 heterocycles. The summed E-state index contributed by atoms with van der Waals surface area (Å²) in [5.74, 6) is 0.782. The van der Waals surface area contributed by atoms with Crippen LogP contribution in [0, 0.1) is 6.92 Å². The predicted molar refractivity (Wildman–Crippen MR) is 132 cm³/mol. The van der Waals surface area contributed by atoms with Gasteiger partial charge in [0.05, 0.1) is 16.8 Å². The first-order valence-corrected chi connectivity index (χ1v) is 11.8. The van der Waals surface area contributed by atoms with Gasteiger partial charge in [-0.25, -0.2) is 0 Å². The monoisotopic (exact) mass is 498 g/mol. The summed E-state index contributed by atoms with van der Waals surface area (Å²) >= 11 is 12.7. The first-order chi connectivity index (χ1) is 16.4. The van der Waals surface area contributed by atoms with Gasteiger partial charge in [-0.05, 0) is 60.0 Å². The molecular weight excluding hydrogens is 475 g/mol. The number of fused-ring (bicyclic) bond motifs is 1. The Morgan fingerprint density at radius 1 is 1.00 bits per heavy atom. The molecule has 2 aliphatic heterocycles. The first kappa shape index (κ1) is 22.8. The zero-order valence-electron chi connectivity index (χ0n) is 18.6. The van der Waals surface area contributed by atoms with Gasteiger partial charge in [-0.15, -0.1) is 0 Å². The average molecular weight is 499 g/mol. The van der Waals surface area contributed by atoms with Crippen LogP contribution in [0.5, 0.6) is 11.5 Å². The van der Waals surface area contributed by atoms with Crippen molar-refractivity contribution < 1.29 is 19.4 Å². The zero-order chi connectivity index (χ0) is 23.8. The van der Waals surface area contributed by atoms with E-state index in [-0.39, 0.29) is 18.7 Å². The van der Waals surface area contributed by atoms with E-state index in [1.54, 1.807) is 23.1 Å². The third kappa shape index (κ3) is 4.41. The number of aliphatic hydroxyl groups excluding tert-OH is 1. The number of benzene rings is 3. The van der Waals surface area contributed by atoms with Crippen LogP contribution in [0.25, 0.3) is 0 Å². The van der Waals surface area contributed by atoms with Crippen LogP contribution in [0.3, 0.4) is 0 Å². The first-order valence-electron chi connectivity index (χ1n) is 11.1. The molecule has 1 fully saturated rings. The van der Waals surface area contributed by atoms with Gasteiger partial charge in [-0.1, -0.05) is 47.5 Å². The minimum atomic E-state index is -1.30. The highest BCUT2D eigenvalue weighted by Gasteiger charge is 2.34. The van der Waals surface area contributed by atoms with E-state index in [0.29, 0.717) is 46.7 Å². The lowest BCUT2D eigenvalue weighted by Crippen LogP contribution is -2.51. The molecule has 1 saturated heterocycles. The number of carbonyl (C=O) groups excluding carboxylic acids is 1. The molecule has 3 aromatic rings. The number of aryl methyl sites for hydroxylation is 1. The Morgan fingerprint density at radius 3 is 2.53 bits per heavy atom. The summed E-state index contributed by atoms with van der Waals surface area (Å²) in [5.41, 5.74) is 3.48. The molecular formula is C26H24Cl2N2O4. The molecule has 0 bridgehead atoms. The summed E-state index contributed by atoms with van der Waals surface area (Å²) in [5, 5.41) is 12.2. The van der Waals surface area contributed by atoms with Crippen molar-refractivity contribution in [1.29, 1.82) is 0 Å². The average Bonchev–Trinajstić information content (AvgIpc) is 3.31. The second kappa shape index (κ2) is 9.37. The largest absolute Gasteiger partial charge is 0.454 e. The molecule has 0 spiro atoms. The summed E-state index contributed by atoms with van der Waals surface area (Å²) in [4.78, 5) is 17.2. The standard InChI is InChI=1S/C26H24Cl2N2O4/c1-16-2-8-21(20(28)12-16)30-11-10-29(14-22(30)17-3-6-19(27)7-4-17)26(32)25(31)18-5-9-23-24(13-18)34-15-33-23/h2-9,12-13,22,25,31H,10-11,14-15H2,1H3/t22-,25?/m0/s1. The van der Waals surface area contributed by atoms with E-state index in [0.717, 1.165) is 16.8 Å². The molecule has 1 unspecified atom stereocenters. The fourth-order valence-electron chi connectivity index (χ4n) is 4.49. The van der Waals surface area contributed by atoms with Crippen molar-refractivity contribution in [2.75, 3.05) is 31.3 Å². The Balaban J connectivity index is 1.42. The zero-order valence-corrected chi connectivity index (χ0v) is 20.1. The molecule has 0 aliphatic carbocycles. The molecule has 3 aromatic carbocycles. The Kier molecular flexibility index (Phi) is 6.30. The molecule has 1 N–H and O–H groups in total. The Labute approximate surface area is 208 Å². The van der Waals surface area contributed by atoms with Crippen LogP contribution in [0.1, 0.15) is 28.8 Å². The van der Waals surface area contributed by atoms with Crippen molar-refractivity contribution in [2.24, 2.45) is 0 Å². The van der Waals surface area contributed by atoms with E-state index >= 15 is 0 Å². The van der Waals surface area contributed by atoms with Crippen molar-refractivity contribution in [3.05, 3.63) is 87.4 Å². The Hall–Kier alpha value is -2.93. The van der Waals surface area contributed by atoms with E-state index in [2.05, 4.69) is 4.90 Å². The molecule has 8 heteroatoms. The van der Waals surface area contributed by atoms with Crippen LogP contribution >= 0.6 is 23.2 Å². The number of aliphatic hydroxyl groups is 1. The molecule has 0 saturated carbocycles. The lowest BCUT2D eigenvalue weighted by atomic mass is 9.99. The highest BCUT2D eigenvalue weighted by molar-refractivity contribution is 6.33. The van der Waals surface area contributed by atoms with E-state index < -0.39 is 6.10 Å². The summed E-state index contributed by atoms with van der Waals surface area (Å²) in [6.45, 7) is 3.55. The molecule has 6 nitrogen and oxygen atoms in total. The van der Waals surface area contributed by atoms with E-state index in [1.165, 1.54) is 0 Å². The van der Waals surface area contributed by atoms with E-state index in [9.17, 15) is 9.90 Å². The highest BCUT2D eigenvalue weighted by atomic mass is 35.5. The number of ether oxygens (including phenoxy) is 2. The molecule has 0 aromatic heterocycles. The Morgan fingerprint density at radius 2 is 1.76 bits per heavy atom. The van der Waals surface area contributed by atoms with Gasteiger partial charge in [0.25, 0.3) is 5.91 Å². The van der Waals surface area contributed by atoms with Gasteiger partial charge in [-0.2, -0.15) is 0 Å². The van der Waals surface area contributed by atoms with Crippen molar-refractivity contribution in [3.8, 4) is 11.5 Å². The van der Waals surface area contributed by atoms with Crippen molar-refractivity contribution in [2.45, 2.75) is 19.1 Å². The molecule has 34 heavy (non-hydrogen) atoms. The van der Waals surface area contributed by atoms with Gasteiger partial charge in [0.15, 0.2) is 17.6 Å². The maximum Gasteiger partial charge on any atom is 0.256 e. The number of halogens is 2. The number of amides is 1. The molecule has 2 atom stereocenters. The van der Waals surface area contributed by atoms with Crippen molar-refractivity contribution in [3.63, 3.8) is 0 Å². The number of hydrogen-bond donors (Lipinski definition) is 1. The second-order valence-electron chi connectivity index (χ2n) is 8.52. The lowest BCUT2D eigenvalue weighted by molar-refractivity contribution is -0.141. The van der Waals surface area contributed by atoms with Crippen LogP contribution in [-0.4, -0.2) is 42.3 Å². The van der Waals surface area contributed by atoms with E-state index in [1.807, 2.05) is 49.4 Å². The third-order valence-corrected chi connectivity index (χ3v) is 6.86. The third-order valence-electron chi connectivity index (χ3n) is 6.31. The number of nitrogens with zero attached hydrogens (tertiary/aromatic N) is 2. The van der Waals surface area contributed by atoms with Crippen LogP contribution in [-0.2, 0) is 4.79 Å². The normalized spacial score (nSPS) is 18.2. The molecule has 176 valence electrons. The maximum absolute atomic E-state index is 13.3. The van der Waals surface area contributed by atoms with Gasteiger partial charge in [0.2, 0.25) is 6.79 Å². The summed E-state index contributed by atoms with van der Waals surface area (Å²) in [6.07, 6.45) is -1.30. The van der Waals surface area contributed by atoms with Gasteiger partial charge in [0.1, 0.15) is 0 Å². The summed E-state index contributed by atoms with van der Waals surface area (Å²) in [7, 11) is 0. The van der Waals surface area contributed by atoms with Crippen LogP contribution in [0.15, 0.2) is 60.7 Å². The number of hydrogen-bond acceptors (Lipinski definition) is 5. The van der Waals surface area contributed by atoms with Crippen molar-refractivity contribution in [1.82, 2.24) is 4.90 Å². The number of rotatable bonds is 4. The van der Waals surface area contributed by atoms with E-state index in [4.69, 9.17) is 32.7 Å². The Bertz CT molecular complexity index is 1220. The fourth-order valence-corrected chi connectivity index (χ4v) is 4.95. The lowest BCUT2D eigenvalue weighted by Gasteiger charge is -2.44. The number of piperazine rings is 1. The van der Waals surface area contributed by atoms with Gasteiger partial charge < -0.3 is 24.4 Å². The number of carbonyl (C=O) groups is 1. The topological polar surface area (TPSA) is 62.2 Å². The highest BCUT2D eigenvalue weighted by Crippen LogP contribution is 2.38. The molecule has 5 rings (SSSR count). The smallest absolute Gasteiger partial charge is 0.256 e. The van der Waals surface area contributed by atoms with Gasteiger partial charge >= 0.3 is 0 Å². The SMILES string of the molecule is Cc1ccc(N2CCN(C(=O)C(O)c3ccc4c(c3)OCO4)C[C@H]2c2ccc(Cl)cc2)c(Cl)c1. The predicted octanol–water partition coefficient (Wildman–Crippen LogP) is 5.15. The quantitative estimate of drug-likeness (QED) is 0.538. The summed E-state index contributed by atoms with van der Waals surface area (Å²) < 4.78 is 10.7. The maximum atomic E-state index is 13.3. The molecule has 1 amide bonds. The van der Waals surface area contributed by atoms with Crippen LogP contribution in [0.2, 0.25) is 10.0 Å². The minimum absolute atomic E-state index is 0.134. The fraction of sp³-hybridized carbons (Fsp3) is 0.269. The van der Waals surface area contributed by atoms with Crippen LogP contribution < -0.4 is 14.4 Å². The molecule has 2 aliphatic rings. The minimum Gasteiger partial charge on any atom is -0.454 e.